The highest BCUT2D eigenvalue weighted by Crippen LogP contribution is 2.51. The van der Waals surface area contributed by atoms with E-state index < -0.39 is 5.41 Å². The third kappa shape index (κ3) is 4.24. The number of hydrogen-bond acceptors (Lipinski definition) is 7. The molecule has 7 heteroatoms. The maximum Gasteiger partial charge on any atom is 0.338 e. The van der Waals surface area contributed by atoms with Gasteiger partial charge in [-0.1, -0.05) is 26.0 Å². The van der Waals surface area contributed by atoms with Crippen molar-refractivity contribution in [3.63, 3.8) is 0 Å². The summed E-state index contributed by atoms with van der Waals surface area (Å²) < 4.78 is 28.4. The maximum absolute atomic E-state index is 12.9. The molecular weight excluding hydrogens is 424 g/mol. The second-order valence-corrected chi connectivity index (χ2v) is 8.50. The molecule has 0 aromatic heterocycles. The largest absolute Gasteiger partial charge is 0.493 e. The number of fused-ring (bicyclic) bond motifs is 1. The maximum atomic E-state index is 12.9. The number of carbonyl (C=O) groups is 2. The van der Waals surface area contributed by atoms with Gasteiger partial charge in [-0.15, -0.1) is 0 Å². The Hall–Kier alpha value is -3.22. The zero-order valence-electron chi connectivity index (χ0n) is 19.6. The van der Waals surface area contributed by atoms with Crippen LogP contribution in [0.2, 0.25) is 0 Å². The van der Waals surface area contributed by atoms with Gasteiger partial charge >= 0.3 is 11.9 Å². The van der Waals surface area contributed by atoms with Gasteiger partial charge in [-0.25, -0.2) is 4.79 Å². The fourth-order valence-corrected chi connectivity index (χ4v) is 4.16. The van der Waals surface area contributed by atoms with Crippen molar-refractivity contribution in [3.8, 4) is 28.4 Å². The Morgan fingerprint density at radius 2 is 1.73 bits per heavy atom. The van der Waals surface area contributed by atoms with Crippen LogP contribution < -0.4 is 14.2 Å². The number of carbonyl (C=O) groups excluding carboxylic acids is 2. The normalized spacial score (nSPS) is 15.6. The average molecular weight is 455 g/mol. The van der Waals surface area contributed by atoms with Gasteiger partial charge in [0.2, 0.25) is 5.75 Å². The molecule has 2 aromatic carbocycles. The fourth-order valence-electron chi connectivity index (χ4n) is 4.16. The number of methoxy groups -OCH3 is 2. The SMILES string of the molecule is CCC(CC)OC(=O)C1(COc2c(-c3cccc4c3COC4=O)ccc(OC)c2OC)CC1. The molecule has 0 bridgehead atoms. The molecule has 0 amide bonds. The Morgan fingerprint density at radius 1 is 1.00 bits per heavy atom. The molecule has 0 atom stereocenters. The molecule has 0 radical (unpaired) electrons. The molecular formula is C26H30O7. The van der Waals surface area contributed by atoms with Crippen molar-refractivity contribution in [1.29, 1.82) is 0 Å². The van der Waals surface area contributed by atoms with E-state index >= 15 is 0 Å². The molecule has 1 heterocycles. The first-order valence-corrected chi connectivity index (χ1v) is 11.4. The van der Waals surface area contributed by atoms with Crippen LogP contribution in [0, 0.1) is 5.41 Å². The number of benzene rings is 2. The van der Waals surface area contributed by atoms with Crippen molar-refractivity contribution in [1.82, 2.24) is 0 Å². The van der Waals surface area contributed by atoms with Gasteiger partial charge in [0.1, 0.15) is 24.7 Å². The van der Waals surface area contributed by atoms with Gasteiger partial charge in [0.25, 0.3) is 0 Å². The Bertz CT molecular complexity index is 1050. The minimum absolute atomic E-state index is 0.0821. The lowest BCUT2D eigenvalue weighted by Gasteiger charge is -2.22. The highest BCUT2D eigenvalue weighted by molar-refractivity contribution is 5.96. The molecule has 4 rings (SSSR count). The third-order valence-corrected chi connectivity index (χ3v) is 6.50. The van der Waals surface area contributed by atoms with E-state index in [4.69, 9.17) is 23.7 Å². The molecule has 1 aliphatic carbocycles. The van der Waals surface area contributed by atoms with Crippen LogP contribution in [0.4, 0.5) is 0 Å². The number of ether oxygens (including phenoxy) is 5. The minimum atomic E-state index is -0.647. The quantitative estimate of drug-likeness (QED) is 0.471. The number of cyclic esters (lactones) is 1. The molecule has 2 aliphatic rings. The summed E-state index contributed by atoms with van der Waals surface area (Å²) in [5, 5.41) is 0. The van der Waals surface area contributed by atoms with Crippen LogP contribution in [0.25, 0.3) is 11.1 Å². The van der Waals surface area contributed by atoms with Crippen LogP contribution in [0.15, 0.2) is 30.3 Å². The summed E-state index contributed by atoms with van der Waals surface area (Å²) in [5.74, 6) is 0.865. The van der Waals surface area contributed by atoms with Gasteiger partial charge in [0.05, 0.1) is 19.8 Å². The van der Waals surface area contributed by atoms with Crippen molar-refractivity contribution < 1.29 is 33.3 Å². The van der Waals surface area contributed by atoms with Gasteiger partial charge in [-0.2, -0.15) is 0 Å². The van der Waals surface area contributed by atoms with Crippen LogP contribution >= 0.6 is 0 Å². The summed E-state index contributed by atoms with van der Waals surface area (Å²) in [6, 6.07) is 9.16. The van der Waals surface area contributed by atoms with Gasteiger partial charge in [0.15, 0.2) is 11.5 Å². The Balaban J connectivity index is 1.68. The second kappa shape index (κ2) is 9.33. The summed E-state index contributed by atoms with van der Waals surface area (Å²) in [7, 11) is 3.11. The smallest absolute Gasteiger partial charge is 0.338 e. The second-order valence-electron chi connectivity index (χ2n) is 8.50. The molecule has 1 fully saturated rings. The highest BCUT2D eigenvalue weighted by Gasteiger charge is 2.53. The third-order valence-electron chi connectivity index (χ3n) is 6.50. The molecule has 7 nitrogen and oxygen atoms in total. The van der Waals surface area contributed by atoms with E-state index in [1.807, 2.05) is 32.0 Å². The zero-order valence-corrected chi connectivity index (χ0v) is 19.6. The van der Waals surface area contributed by atoms with Crippen LogP contribution in [-0.4, -0.2) is 38.9 Å². The van der Waals surface area contributed by atoms with E-state index in [0.717, 1.165) is 42.4 Å². The van der Waals surface area contributed by atoms with Crippen molar-refractivity contribution in [2.24, 2.45) is 5.41 Å². The lowest BCUT2D eigenvalue weighted by atomic mass is 9.95. The predicted octanol–water partition coefficient (Wildman–Crippen LogP) is 4.93. The van der Waals surface area contributed by atoms with E-state index in [1.165, 1.54) is 0 Å². The number of hydrogen-bond donors (Lipinski definition) is 0. The molecule has 2 aromatic rings. The van der Waals surface area contributed by atoms with Crippen molar-refractivity contribution in [3.05, 3.63) is 41.5 Å². The molecule has 33 heavy (non-hydrogen) atoms. The molecule has 176 valence electrons. The predicted molar refractivity (Wildman–Crippen MR) is 122 cm³/mol. The van der Waals surface area contributed by atoms with E-state index in [0.29, 0.717) is 22.8 Å². The minimum Gasteiger partial charge on any atom is -0.493 e. The Labute approximate surface area is 193 Å². The topological polar surface area (TPSA) is 80.3 Å². The summed E-state index contributed by atoms with van der Waals surface area (Å²) >= 11 is 0. The van der Waals surface area contributed by atoms with Crippen LogP contribution in [0.1, 0.15) is 55.5 Å². The van der Waals surface area contributed by atoms with Gasteiger partial charge in [-0.3, -0.25) is 4.79 Å². The van der Waals surface area contributed by atoms with Crippen LogP contribution in [0.5, 0.6) is 17.2 Å². The van der Waals surface area contributed by atoms with Crippen LogP contribution in [0.3, 0.4) is 0 Å². The number of rotatable bonds is 10. The number of esters is 2. The Morgan fingerprint density at radius 3 is 2.36 bits per heavy atom. The van der Waals surface area contributed by atoms with Gasteiger partial charge in [0, 0.05) is 11.1 Å². The lowest BCUT2D eigenvalue weighted by molar-refractivity contribution is -0.157. The van der Waals surface area contributed by atoms with Crippen LogP contribution in [-0.2, 0) is 20.9 Å². The first kappa shape index (κ1) is 23.0. The van der Waals surface area contributed by atoms with E-state index in [2.05, 4.69) is 0 Å². The average Bonchev–Trinajstić information content (AvgIpc) is 3.55. The van der Waals surface area contributed by atoms with E-state index in [9.17, 15) is 9.59 Å². The first-order valence-electron chi connectivity index (χ1n) is 11.4. The monoisotopic (exact) mass is 454 g/mol. The molecule has 0 saturated heterocycles. The van der Waals surface area contributed by atoms with Crippen molar-refractivity contribution in [2.45, 2.75) is 52.2 Å². The molecule has 0 N–H and O–H groups in total. The van der Waals surface area contributed by atoms with Gasteiger partial charge in [-0.05, 0) is 49.4 Å². The molecule has 0 unspecified atom stereocenters. The highest BCUT2D eigenvalue weighted by atomic mass is 16.6. The fraction of sp³-hybridized carbons (Fsp3) is 0.462. The van der Waals surface area contributed by atoms with E-state index in [1.54, 1.807) is 26.4 Å². The van der Waals surface area contributed by atoms with E-state index in [-0.39, 0.29) is 31.3 Å². The summed E-state index contributed by atoms with van der Waals surface area (Å²) in [5.41, 5.74) is 2.26. The molecule has 1 aliphatic heterocycles. The summed E-state index contributed by atoms with van der Waals surface area (Å²) in [6.07, 6.45) is 2.93. The lowest BCUT2D eigenvalue weighted by Crippen LogP contribution is -2.29. The summed E-state index contributed by atoms with van der Waals surface area (Å²) in [6.45, 7) is 4.39. The zero-order chi connectivity index (χ0) is 23.6. The first-order chi connectivity index (χ1) is 16.0. The van der Waals surface area contributed by atoms with Gasteiger partial charge < -0.3 is 23.7 Å². The summed E-state index contributed by atoms with van der Waals surface area (Å²) in [4.78, 5) is 25.0. The standard InChI is InChI=1S/C26H30O7/c1-5-16(6-2)33-25(28)26(12-13-26)15-32-22-18(10-11-21(29-3)23(22)30-4)17-8-7-9-19-20(17)14-31-24(19)27/h7-11,16H,5-6,12-15H2,1-4H3. The Kier molecular flexibility index (Phi) is 6.49. The molecule has 0 spiro atoms. The van der Waals surface area contributed by atoms with Crippen molar-refractivity contribution in [2.75, 3.05) is 20.8 Å². The van der Waals surface area contributed by atoms with Crippen molar-refractivity contribution >= 4 is 11.9 Å². The molecule has 1 saturated carbocycles.